The number of benzene rings is 1. The van der Waals surface area contributed by atoms with E-state index in [4.69, 9.17) is 28.9 Å². The highest BCUT2D eigenvalue weighted by atomic mass is 35.5. The molecule has 0 radical (unpaired) electrons. The third kappa shape index (κ3) is 2.46. The molecule has 5 heteroatoms. The molecule has 17 heavy (non-hydrogen) atoms. The van der Waals surface area contributed by atoms with E-state index < -0.39 is 0 Å². The molecular formula is C12H13Cl2N3. The summed E-state index contributed by atoms with van der Waals surface area (Å²) >= 11 is 12.2. The van der Waals surface area contributed by atoms with Gasteiger partial charge in [-0.2, -0.15) is 5.10 Å². The molecule has 0 saturated heterocycles. The highest BCUT2D eigenvalue weighted by Gasteiger charge is 2.10. The Labute approximate surface area is 110 Å². The number of nitrogens with zero attached hydrogens (tertiary/aromatic N) is 2. The molecule has 3 nitrogen and oxygen atoms in total. The number of hydrogen-bond acceptors (Lipinski definition) is 2. The fraction of sp³-hybridized carbons (Fsp3) is 0.250. The molecule has 1 heterocycles. The molecule has 0 aliphatic carbocycles. The van der Waals surface area contributed by atoms with Crippen LogP contribution in [0, 0.1) is 6.92 Å². The van der Waals surface area contributed by atoms with Crippen LogP contribution in [0.15, 0.2) is 24.3 Å². The number of aromatic nitrogens is 2. The lowest BCUT2D eigenvalue weighted by Crippen LogP contribution is -2.05. The lowest BCUT2D eigenvalue weighted by atomic mass is 10.3. The molecule has 0 amide bonds. The molecule has 1 aromatic heterocycles. The van der Waals surface area contributed by atoms with Crippen molar-refractivity contribution < 1.29 is 0 Å². The van der Waals surface area contributed by atoms with E-state index in [1.807, 2.05) is 25.1 Å². The van der Waals surface area contributed by atoms with E-state index in [0.29, 0.717) is 16.6 Å². The predicted octanol–water partition coefficient (Wildman–Crippen LogP) is 2.99. The lowest BCUT2D eigenvalue weighted by Gasteiger charge is -2.07. The smallest absolute Gasteiger partial charge is 0.0850 e. The maximum Gasteiger partial charge on any atom is 0.0850 e. The predicted molar refractivity (Wildman–Crippen MR) is 71.1 cm³/mol. The van der Waals surface area contributed by atoms with Gasteiger partial charge < -0.3 is 5.73 Å². The molecule has 0 fully saturated rings. The second-order valence-electron chi connectivity index (χ2n) is 3.80. The number of hydrogen-bond donors (Lipinski definition) is 1. The van der Waals surface area contributed by atoms with E-state index >= 15 is 0 Å². The van der Waals surface area contributed by atoms with Crippen LogP contribution in [0.1, 0.15) is 11.4 Å². The van der Waals surface area contributed by atoms with Crippen molar-refractivity contribution >= 4 is 23.2 Å². The summed E-state index contributed by atoms with van der Waals surface area (Å²) in [6, 6.07) is 7.50. The van der Waals surface area contributed by atoms with Crippen molar-refractivity contribution in [1.82, 2.24) is 9.78 Å². The van der Waals surface area contributed by atoms with Crippen molar-refractivity contribution in [2.75, 3.05) is 6.54 Å². The van der Waals surface area contributed by atoms with Crippen LogP contribution in [0.3, 0.4) is 0 Å². The van der Waals surface area contributed by atoms with Gasteiger partial charge in [-0.05, 0) is 31.7 Å². The highest BCUT2D eigenvalue weighted by molar-refractivity contribution is 6.43. The number of rotatable bonds is 3. The van der Waals surface area contributed by atoms with Gasteiger partial charge in [-0.3, -0.25) is 0 Å². The minimum Gasteiger partial charge on any atom is -0.330 e. The summed E-state index contributed by atoms with van der Waals surface area (Å²) in [5.41, 5.74) is 8.28. The van der Waals surface area contributed by atoms with Crippen molar-refractivity contribution in [1.29, 1.82) is 0 Å². The zero-order valence-electron chi connectivity index (χ0n) is 9.45. The van der Waals surface area contributed by atoms with Gasteiger partial charge in [0, 0.05) is 12.1 Å². The van der Waals surface area contributed by atoms with Crippen LogP contribution in [0.2, 0.25) is 10.0 Å². The quantitative estimate of drug-likeness (QED) is 0.931. The first-order valence-electron chi connectivity index (χ1n) is 5.33. The molecule has 0 unspecified atom stereocenters. The molecule has 1 aromatic carbocycles. The van der Waals surface area contributed by atoms with Crippen molar-refractivity contribution in [2.24, 2.45) is 5.73 Å². The normalized spacial score (nSPS) is 10.8. The van der Waals surface area contributed by atoms with Gasteiger partial charge >= 0.3 is 0 Å². The van der Waals surface area contributed by atoms with Gasteiger partial charge in [0.1, 0.15) is 0 Å². The SMILES string of the molecule is Cc1cc(CCN)nn1-c1cccc(Cl)c1Cl. The Kier molecular flexibility index (Phi) is 3.72. The molecule has 0 atom stereocenters. The molecule has 0 bridgehead atoms. The van der Waals surface area contributed by atoms with Gasteiger partial charge in [-0.1, -0.05) is 29.3 Å². The largest absolute Gasteiger partial charge is 0.330 e. The summed E-state index contributed by atoms with van der Waals surface area (Å²) in [6.07, 6.45) is 0.756. The number of nitrogens with two attached hydrogens (primary N) is 1. The van der Waals surface area contributed by atoms with Crippen LogP contribution < -0.4 is 5.73 Å². The van der Waals surface area contributed by atoms with E-state index in [9.17, 15) is 0 Å². The Balaban J connectivity index is 2.49. The van der Waals surface area contributed by atoms with E-state index in [0.717, 1.165) is 23.5 Å². The summed E-state index contributed by atoms with van der Waals surface area (Å²) in [4.78, 5) is 0. The van der Waals surface area contributed by atoms with Crippen LogP contribution in [0.5, 0.6) is 0 Å². The fourth-order valence-electron chi connectivity index (χ4n) is 1.71. The monoisotopic (exact) mass is 269 g/mol. The van der Waals surface area contributed by atoms with Gasteiger partial charge in [-0.15, -0.1) is 0 Å². The fourth-order valence-corrected chi connectivity index (χ4v) is 2.08. The highest BCUT2D eigenvalue weighted by Crippen LogP contribution is 2.28. The van der Waals surface area contributed by atoms with Crippen molar-refractivity contribution in [3.05, 3.63) is 45.7 Å². The molecule has 2 N–H and O–H groups in total. The summed E-state index contributed by atoms with van der Waals surface area (Å²) in [5.74, 6) is 0. The Morgan fingerprint density at radius 2 is 2.12 bits per heavy atom. The second kappa shape index (κ2) is 5.08. The zero-order chi connectivity index (χ0) is 12.4. The number of halogens is 2. The first kappa shape index (κ1) is 12.4. The summed E-state index contributed by atoms with van der Waals surface area (Å²) < 4.78 is 1.79. The Bertz CT molecular complexity index is 535. The minimum atomic E-state index is 0.514. The summed E-state index contributed by atoms with van der Waals surface area (Å²) in [5, 5.41) is 5.51. The van der Waals surface area contributed by atoms with Gasteiger partial charge in [0.25, 0.3) is 0 Å². The van der Waals surface area contributed by atoms with Gasteiger partial charge in [0.2, 0.25) is 0 Å². The van der Waals surface area contributed by atoms with Crippen LogP contribution in [0.4, 0.5) is 0 Å². The third-order valence-corrected chi connectivity index (χ3v) is 3.31. The van der Waals surface area contributed by atoms with Crippen LogP contribution in [-0.2, 0) is 6.42 Å². The summed E-state index contributed by atoms with van der Waals surface area (Å²) in [7, 11) is 0. The molecule has 0 aliphatic heterocycles. The van der Waals surface area contributed by atoms with Gasteiger partial charge in [0.05, 0.1) is 21.4 Å². The molecule has 0 aliphatic rings. The average molecular weight is 270 g/mol. The molecule has 0 spiro atoms. The van der Waals surface area contributed by atoms with E-state index in [-0.39, 0.29) is 0 Å². The maximum absolute atomic E-state index is 6.17. The first-order chi connectivity index (χ1) is 8.13. The topological polar surface area (TPSA) is 43.8 Å². The Hall–Kier alpha value is -1.03. The van der Waals surface area contributed by atoms with E-state index in [1.54, 1.807) is 10.7 Å². The summed E-state index contributed by atoms with van der Waals surface area (Å²) in [6.45, 7) is 2.56. The van der Waals surface area contributed by atoms with Crippen LogP contribution >= 0.6 is 23.2 Å². The van der Waals surface area contributed by atoms with Crippen LogP contribution in [-0.4, -0.2) is 16.3 Å². The van der Waals surface area contributed by atoms with E-state index in [2.05, 4.69) is 5.10 Å². The molecule has 2 aromatic rings. The molecule has 0 saturated carbocycles. The minimum absolute atomic E-state index is 0.514. The molecule has 2 rings (SSSR count). The maximum atomic E-state index is 6.17. The first-order valence-corrected chi connectivity index (χ1v) is 6.09. The van der Waals surface area contributed by atoms with E-state index in [1.165, 1.54) is 0 Å². The lowest BCUT2D eigenvalue weighted by molar-refractivity contribution is 0.804. The van der Waals surface area contributed by atoms with Gasteiger partial charge in [0.15, 0.2) is 0 Å². The Morgan fingerprint density at radius 1 is 1.35 bits per heavy atom. The standard InChI is InChI=1S/C12H13Cl2N3/c1-8-7-9(5-6-15)16-17(8)11-4-2-3-10(13)12(11)14/h2-4,7H,5-6,15H2,1H3. The Morgan fingerprint density at radius 3 is 2.82 bits per heavy atom. The zero-order valence-corrected chi connectivity index (χ0v) is 11.0. The molecule has 90 valence electrons. The number of aryl methyl sites for hydroxylation is 1. The van der Waals surface area contributed by atoms with Crippen molar-refractivity contribution in [3.8, 4) is 5.69 Å². The second-order valence-corrected chi connectivity index (χ2v) is 4.59. The average Bonchev–Trinajstić information content (AvgIpc) is 2.64. The molecular weight excluding hydrogens is 257 g/mol. The van der Waals surface area contributed by atoms with Gasteiger partial charge in [-0.25, -0.2) is 4.68 Å². The van der Waals surface area contributed by atoms with Crippen molar-refractivity contribution in [2.45, 2.75) is 13.3 Å². The van der Waals surface area contributed by atoms with Crippen molar-refractivity contribution in [3.63, 3.8) is 0 Å². The van der Waals surface area contributed by atoms with Crippen LogP contribution in [0.25, 0.3) is 5.69 Å². The third-order valence-electron chi connectivity index (χ3n) is 2.50.